The molecule has 0 aliphatic heterocycles. The lowest BCUT2D eigenvalue weighted by Gasteiger charge is -2.14. The van der Waals surface area contributed by atoms with E-state index in [4.69, 9.17) is 0 Å². The summed E-state index contributed by atoms with van der Waals surface area (Å²) in [5.74, 6) is 0. The smallest absolute Gasteiger partial charge is 0.0800 e. The van der Waals surface area contributed by atoms with Crippen LogP contribution < -0.4 is 5.32 Å². The molecule has 15 heavy (non-hydrogen) atoms. The number of nitrogens with zero attached hydrogens (tertiary/aromatic N) is 2. The van der Waals surface area contributed by atoms with Gasteiger partial charge >= 0.3 is 0 Å². The fourth-order valence-corrected chi connectivity index (χ4v) is 2.40. The summed E-state index contributed by atoms with van der Waals surface area (Å²) in [4.78, 5) is 1.28. The van der Waals surface area contributed by atoms with Crippen molar-refractivity contribution in [1.29, 1.82) is 0 Å². The van der Waals surface area contributed by atoms with Crippen LogP contribution >= 0.6 is 11.5 Å². The lowest BCUT2D eigenvalue weighted by atomic mass is 10.0. The van der Waals surface area contributed by atoms with Gasteiger partial charge in [0.2, 0.25) is 0 Å². The van der Waals surface area contributed by atoms with Gasteiger partial charge in [0.1, 0.15) is 0 Å². The molecule has 1 N–H and O–H groups in total. The number of hydrogen-bond donors (Lipinski definition) is 1. The van der Waals surface area contributed by atoms with Crippen molar-refractivity contribution < 1.29 is 0 Å². The summed E-state index contributed by atoms with van der Waals surface area (Å²) in [6.45, 7) is 8.11. The largest absolute Gasteiger partial charge is 0.312 e. The molecule has 84 valence electrons. The SMILES string of the molecule is C=C(C)CCC(NC)c1snnc1CC. The van der Waals surface area contributed by atoms with E-state index in [1.165, 1.54) is 22.0 Å². The van der Waals surface area contributed by atoms with Crippen molar-refractivity contribution in [3.8, 4) is 0 Å². The fourth-order valence-electron chi connectivity index (χ4n) is 1.52. The van der Waals surface area contributed by atoms with E-state index in [9.17, 15) is 0 Å². The molecule has 0 spiro atoms. The molecular weight excluding hydrogens is 206 g/mol. The van der Waals surface area contributed by atoms with Gasteiger partial charge in [-0.1, -0.05) is 17.0 Å². The number of aromatic nitrogens is 2. The fraction of sp³-hybridized carbons (Fsp3) is 0.636. The molecule has 1 atom stereocenters. The highest BCUT2D eigenvalue weighted by Gasteiger charge is 2.16. The molecule has 0 aliphatic carbocycles. The summed E-state index contributed by atoms with van der Waals surface area (Å²) in [7, 11) is 1.99. The van der Waals surface area contributed by atoms with Crippen molar-refractivity contribution >= 4 is 11.5 Å². The molecule has 0 saturated heterocycles. The summed E-state index contributed by atoms with van der Waals surface area (Å²) in [6.07, 6.45) is 3.08. The van der Waals surface area contributed by atoms with E-state index in [1.807, 2.05) is 7.05 Å². The highest BCUT2D eigenvalue weighted by atomic mass is 32.1. The molecule has 1 aromatic heterocycles. The van der Waals surface area contributed by atoms with Crippen LogP contribution in [0.15, 0.2) is 12.2 Å². The van der Waals surface area contributed by atoms with Crippen molar-refractivity contribution in [2.45, 2.75) is 39.2 Å². The Labute approximate surface area is 95.8 Å². The van der Waals surface area contributed by atoms with Crippen molar-refractivity contribution in [2.75, 3.05) is 7.05 Å². The van der Waals surface area contributed by atoms with Gasteiger partial charge in [0.05, 0.1) is 10.6 Å². The molecule has 4 heteroatoms. The maximum absolute atomic E-state index is 4.14. The summed E-state index contributed by atoms with van der Waals surface area (Å²) in [5, 5.41) is 7.46. The van der Waals surface area contributed by atoms with E-state index < -0.39 is 0 Å². The summed E-state index contributed by atoms with van der Waals surface area (Å²) in [6, 6.07) is 0.372. The van der Waals surface area contributed by atoms with E-state index in [1.54, 1.807) is 0 Å². The number of aryl methyl sites for hydroxylation is 1. The Kier molecular flexibility index (Phi) is 4.91. The number of rotatable bonds is 6. The van der Waals surface area contributed by atoms with Crippen LogP contribution in [0.25, 0.3) is 0 Å². The van der Waals surface area contributed by atoms with Gasteiger partial charge in [0.15, 0.2) is 0 Å². The van der Waals surface area contributed by atoms with Crippen LogP contribution in [-0.4, -0.2) is 16.6 Å². The second kappa shape index (κ2) is 5.98. The molecule has 0 bridgehead atoms. The zero-order chi connectivity index (χ0) is 11.3. The van der Waals surface area contributed by atoms with Crippen LogP contribution in [0.2, 0.25) is 0 Å². The highest BCUT2D eigenvalue weighted by molar-refractivity contribution is 7.05. The minimum Gasteiger partial charge on any atom is -0.312 e. The summed E-state index contributed by atoms with van der Waals surface area (Å²) in [5.41, 5.74) is 2.35. The first-order valence-corrected chi connectivity index (χ1v) is 6.09. The normalized spacial score (nSPS) is 12.7. The maximum Gasteiger partial charge on any atom is 0.0800 e. The molecule has 0 aromatic carbocycles. The topological polar surface area (TPSA) is 37.8 Å². The van der Waals surface area contributed by atoms with E-state index in [-0.39, 0.29) is 0 Å². The first kappa shape index (κ1) is 12.3. The Hall–Kier alpha value is -0.740. The predicted molar refractivity (Wildman–Crippen MR) is 65.1 cm³/mol. The minimum absolute atomic E-state index is 0.372. The third-order valence-corrected chi connectivity index (χ3v) is 3.32. The van der Waals surface area contributed by atoms with Gasteiger partial charge in [-0.2, -0.15) is 0 Å². The molecule has 1 heterocycles. The Morgan fingerprint density at radius 1 is 1.60 bits per heavy atom. The standard InChI is InChI=1S/C11H19N3S/c1-5-9-11(15-14-13-9)10(12-4)7-6-8(2)3/h10,12H,2,5-7H2,1,3-4H3. The molecule has 0 radical (unpaired) electrons. The molecule has 1 aromatic rings. The first-order chi connectivity index (χ1) is 7.19. The first-order valence-electron chi connectivity index (χ1n) is 5.31. The minimum atomic E-state index is 0.372. The van der Waals surface area contributed by atoms with E-state index >= 15 is 0 Å². The molecule has 0 aliphatic rings. The van der Waals surface area contributed by atoms with Gasteiger partial charge in [-0.05, 0) is 44.8 Å². The molecule has 1 unspecified atom stereocenters. The Morgan fingerprint density at radius 2 is 2.33 bits per heavy atom. The average molecular weight is 225 g/mol. The molecular formula is C11H19N3S. The van der Waals surface area contributed by atoms with Crippen molar-refractivity contribution in [3.63, 3.8) is 0 Å². The van der Waals surface area contributed by atoms with Gasteiger partial charge in [-0.15, -0.1) is 11.7 Å². The zero-order valence-corrected chi connectivity index (χ0v) is 10.5. The predicted octanol–water partition coefficient (Wildman–Crippen LogP) is 2.72. The Bertz CT molecular complexity index is 319. The van der Waals surface area contributed by atoms with Gasteiger partial charge in [-0.3, -0.25) is 0 Å². The maximum atomic E-state index is 4.14. The van der Waals surface area contributed by atoms with Crippen molar-refractivity contribution in [2.24, 2.45) is 0 Å². The lowest BCUT2D eigenvalue weighted by Crippen LogP contribution is -2.16. The van der Waals surface area contributed by atoms with Crippen LogP contribution in [0.3, 0.4) is 0 Å². The lowest BCUT2D eigenvalue weighted by molar-refractivity contribution is 0.551. The average Bonchev–Trinajstić information content (AvgIpc) is 2.66. The summed E-state index contributed by atoms with van der Waals surface area (Å²) < 4.78 is 4.02. The number of allylic oxidation sites excluding steroid dienone is 1. The van der Waals surface area contributed by atoms with Gasteiger partial charge in [0, 0.05) is 6.04 Å². The second-order valence-electron chi connectivity index (χ2n) is 3.77. The second-order valence-corrected chi connectivity index (χ2v) is 4.56. The van der Waals surface area contributed by atoms with Gasteiger partial charge in [0.25, 0.3) is 0 Å². The molecule has 0 saturated carbocycles. The van der Waals surface area contributed by atoms with E-state index in [2.05, 4.69) is 35.3 Å². The highest BCUT2D eigenvalue weighted by Crippen LogP contribution is 2.25. The van der Waals surface area contributed by atoms with Crippen LogP contribution in [-0.2, 0) is 6.42 Å². The number of nitrogens with one attached hydrogen (secondary N) is 1. The quantitative estimate of drug-likeness (QED) is 0.756. The van der Waals surface area contributed by atoms with Gasteiger partial charge in [-0.25, -0.2) is 0 Å². The van der Waals surface area contributed by atoms with Gasteiger partial charge < -0.3 is 5.32 Å². The van der Waals surface area contributed by atoms with Crippen LogP contribution in [0.5, 0.6) is 0 Å². The molecule has 0 amide bonds. The Balaban J connectivity index is 2.69. The monoisotopic (exact) mass is 225 g/mol. The molecule has 3 nitrogen and oxygen atoms in total. The molecule has 1 rings (SSSR count). The van der Waals surface area contributed by atoms with Crippen LogP contribution in [0.1, 0.15) is 43.3 Å². The van der Waals surface area contributed by atoms with Crippen molar-refractivity contribution in [1.82, 2.24) is 14.9 Å². The van der Waals surface area contributed by atoms with Crippen molar-refractivity contribution in [3.05, 3.63) is 22.7 Å². The third kappa shape index (κ3) is 3.39. The van der Waals surface area contributed by atoms with E-state index in [0.717, 1.165) is 25.0 Å². The third-order valence-electron chi connectivity index (χ3n) is 2.44. The number of hydrogen-bond acceptors (Lipinski definition) is 4. The molecule has 0 fully saturated rings. The zero-order valence-electron chi connectivity index (χ0n) is 9.71. The van der Waals surface area contributed by atoms with E-state index in [0.29, 0.717) is 6.04 Å². The van der Waals surface area contributed by atoms with Crippen LogP contribution in [0, 0.1) is 0 Å². The Morgan fingerprint density at radius 3 is 2.87 bits per heavy atom. The summed E-state index contributed by atoms with van der Waals surface area (Å²) >= 11 is 1.51. The van der Waals surface area contributed by atoms with Crippen LogP contribution in [0.4, 0.5) is 0 Å².